The van der Waals surface area contributed by atoms with Gasteiger partial charge in [0.15, 0.2) is 5.82 Å². The van der Waals surface area contributed by atoms with Crippen molar-refractivity contribution in [1.82, 2.24) is 10.1 Å². The summed E-state index contributed by atoms with van der Waals surface area (Å²) < 4.78 is 5.16. The molecule has 3 aromatic rings. The van der Waals surface area contributed by atoms with Crippen LogP contribution in [0.25, 0.3) is 11.5 Å². The quantitative estimate of drug-likeness (QED) is 0.795. The van der Waals surface area contributed by atoms with Crippen molar-refractivity contribution in [3.8, 4) is 11.5 Å². The zero-order valence-corrected chi connectivity index (χ0v) is 12.5. The van der Waals surface area contributed by atoms with E-state index in [9.17, 15) is 4.79 Å². The molecular weight excluding hydrogens is 302 g/mol. The van der Waals surface area contributed by atoms with Crippen molar-refractivity contribution in [1.29, 1.82) is 0 Å². The summed E-state index contributed by atoms with van der Waals surface area (Å²) in [6.07, 6.45) is 0. The van der Waals surface area contributed by atoms with E-state index < -0.39 is 0 Å². The maximum absolute atomic E-state index is 12.4. The maximum Gasteiger partial charge on any atom is 0.260 e. The van der Waals surface area contributed by atoms with Crippen LogP contribution in [0.4, 0.5) is 5.69 Å². The number of anilines is 1. The minimum Gasteiger partial charge on any atom is -0.334 e. The Morgan fingerprint density at radius 1 is 1.14 bits per heavy atom. The molecule has 5 nitrogen and oxygen atoms in total. The highest BCUT2D eigenvalue weighted by Gasteiger charge is 2.15. The smallest absolute Gasteiger partial charge is 0.260 e. The third-order valence-corrected chi connectivity index (χ3v) is 3.38. The van der Waals surface area contributed by atoms with Gasteiger partial charge in [-0.1, -0.05) is 41.0 Å². The molecule has 0 atom stereocenters. The molecule has 1 heterocycles. The molecule has 1 aromatic heterocycles. The number of hydrogen-bond donors (Lipinski definition) is 1. The third-order valence-electron chi connectivity index (χ3n) is 3.05. The number of rotatable bonds is 3. The standard InChI is InChI=1S/C16H12ClN3O2/c1-10-18-16(22-20-10)12-7-3-5-9-14(12)19-15(21)11-6-2-4-8-13(11)17/h2-9H,1H3,(H,19,21). The Morgan fingerprint density at radius 3 is 2.59 bits per heavy atom. The van der Waals surface area contributed by atoms with Crippen molar-refractivity contribution in [2.45, 2.75) is 6.92 Å². The minimum atomic E-state index is -0.297. The van der Waals surface area contributed by atoms with Crippen LogP contribution in [0.5, 0.6) is 0 Å². The number of carbonyl (C=O) groups excluding carboxylic acids is 1. The van der Waals surface area contributed by atoms with E-state index in [1.807, 2.05) is 12.1 Å². The number of nitrogens with one attached hydrogen (secondary N) is 1. The van der Waals surface area contributed by atoms with E-state index in [0.717, 1.165) is 0 Å². The summed E-state index contributed by atoms with van der Waals surface area (Å²) in [4.78, 5) is 16.5. The number of aromatic nitrogens is 2. The number of carbonyl (C=O) groups is 1. The molecule has 0 aliphatic carbocycles. The van der Waals surface area contributed by atoms with Gasteiger partial charge >= 0.3 is 0 Å². The SMILES string of the molecule is Cc1noc(-c2ccccc2NC(=O)c2ccccc2Cl)n1. The van der Waals surface area contributed by atoms with Gasteiger partial charge in [-0.2, -0.15) is 4.98 Å². The van der Waals surface area contributed by atoms with Crippen molar-refractivity contribution in [3.05, 3.63) is 64.9 Å². The first-order chi connectivity index (χ1) is 10.6. The zero-order chi connectivity index (χ0) is 15.5. The molecular formula is C16H12ClN3O2. The lowest BCUT2D eigenvalue weighted by Crippen LogP contribution is -2.13. The molecule has 0 radical (unpaired) electrons. The molecule has 0 saturated heterocycles. The highest BCUT2D eigenvalue weighted by Crippen LogP contribution is 2.27. The summed E-state index contributed by atoms with van der Waals surface area (Å²) in [7, 11) is 0. The fourth-order valence-corrected chi connectivity index (χ4v) is 2.24. The fourth-order valence-electron chi connectivity index (χ4n) is 2.02. The summed E-state index contributed by atoms with van der Waals surface area (Å²) in [5.41, 5.74) is 1.64. The predicted octanol–water partition coefficient (Wildman–Crippen LogP) is 3.95. The largest absolute Gasteiger partial charge is 0.334 e. The van der Waals surface area contributed by atoms with E-state index in [0.29, 0.717) is 33.6 Å². The molecule has 0 aliphatic rings. The molecule has 0 unspecified atom stereocenters. The Labute approximate surface area is 131 Å². The van der Waals surface area contributed by atoms with Crippen molar-refractivity contribution in [2.24, 2.45) is 0 Å². The fraction of sp³-hybridized carbons (Fsp3) is 0.0625. The summed E-state index contributed by atoms with van der Waals surface area (Å²) >= 11 is 6.04. The van der Waals surface area contributed by atoms with E-state index in [4.69, 9.17) is 16.1 Å². The average Bonchev–Trinajstić information content (AvgIpc) is 2.94. The van der Waals surface area contributed by atoms with E-state index in [1.165, 1.54) is 0 Å². The third kappa shape index (κ3) is 2.84. The molecule has 3 rings (SSSR count). The molecule has 22 heavy (non-hydrogen) atoms. The van der Waals surface area contributed by atoms with Gasteiger partial charge in [0.25, 0.3) is 11.8 Å². The maximum atomic E-state index is 12.4. The summed E-state index contributed by atoms with van der Waals surface area (Å²) in [5, 5.41) is 6.98. The van der Waals surface area contributed by atoms with Crippen molar-refractivity contribution >= 4 is 23.2 Å². The molecule has 0 spiro atoms. The van der Waals surface area contributed by atoms with Crippen LogP contribution in [0.1, 0.15) is 16.2 Å². The molecule has 6 heteroatoms. The van der Waals surface area contributed by atoms with Crippen LogP contribution < -0.4 is 5.32 Å². The molecule has 0 bridgehead atoms. The topological polar surface area (TPSA) is 68.0 Å². The second-order valence-electron chi connectivity index (χ2n) is 4.63. The second kappa shape index (κ2) is 5.99. The Bertz CT molecular complexity index is 830. The number of benzene rings is 2. The van der Waals surface area contributed by atoms with Crippen LogP contribution >= 0.6 is 11.6 Å². The first-order valence-corrected chi connectivity index (χ1v) is 6.98. The van der Waals surface area contributed by atoms with Crippen molar-refractivity contribution in [3.63, 3.8) is 0 Å². The average molecular weight is 314 g/mol. The zero-order valence-electron chi connectivity index (χ0n) is 11.7. The lowest BCUT2D eigenvalue weighted by molar-refractivity contribution is 0.102. The Hall–Kier alpha value is -2.66. The van der Waals surface area contributed by atoms with Crippen LogP contribution in [0.3, 0.4) is 0 Å². The van der Waals surface area contributed by atoms with Crippen LogP contribution in [0.2, 0.25) is 5.02 Å². The van der Waals surface area contributed by atoms with Gasteiger partial charge in [-0.3, -0.25) is 4.79 Å². The van der Waals surface area contributed by atoms with Gasteiger partial charge in [-0.05, 0) is 31.2 Å². The molecule has 1 amide bonds. The van der Waals surface area contributed by atoms with Gasteiger partial charge in [0.2, 0.25) is 0 Å². The summed E-state index contributed by atoms with van der Waals surface area (Å²) in [6, 6.07) is 14.1. The lowest BCUT2D eigenvalue weighted by Gasteiger charge is -2.09. The lowest BCUT2D eigenvalue weighted by atomic mass is 10.1. The number of nitrogens with zero attached hydrogens (tertiary/aromatic N) is 2. The molecule has 110 valence electrons. The van der Waals surface area contributed by atoms with Crippen LogP contribution in [0, 0.1) is 6.92 Å². The normalized spacial score (nSPS) is 10.5. The number of halogens is 1. The number of aryl methyl sites for hydroxylation is 1. The Morgan fingerprint density at radius 2 is 1.86 bits per heavy atom. The van der Waals surface area contributed by atoms with Gasteiger partial charge in [0.05, 0.1) is 21.8 Å². The minimum absolute atomic E-state index is 0.297. The number of amides is 1. The molecule has 0 fully saturated rings. The van der Waals surface area contributed by atoms with E-state index in [1.54, 1.807) is 43.3 Å². The molecule has 1 N–H and O–H groups in total. The first-order valence-electron chi connectivity index (χ1n) is 6.61. The second-order valence-corrected chi connectivity index (χ2v) is 5.03. The highest BCUT2D eigenvalue weighted by atomic mass is 35.5. The van der Waals surface area contributed by atoms with E-state index in [-0.39, 0.29) is 5.91 Å². The molecule has 0 aliphatic heterocycles. The van der Waals surface area contributed by atoms with Crippen LogP contribution in [-0.4, -0.2) is 16.0 Å². The van der Waals surface area contributed by atoms with Crippen LogP contribution in [-0.2, 0) is 0 Å². The highest BCUT2D eigenvalue weighted by molar-refractivity contribution is 6.34. The number of para-hydroxylation sites is 1. The molecule has 0 saturated carbocycles. The van der Waals surface area contributed by atoms with Gasteiger partial charge in [0.1, 0.15) is 0 Å². The van der Waals surface area contributed by atoms with Crippen molar-refractivity contribution in [2.75, 3.05) is 5.32 Å². The Balaban J connectivity index is 1.93. The van der Waals surface area contributed by atoms with Gasteiger partial charge < -0.3 is 9.84 Å². The van der Waals surface area contributed by atoms with E-state index in [2.05, 4.69) is 15.5 Å². The van der Waals surface area contributed by atoms with Gasteiger partial charge in [0, 0.05) is 0 Å². The van der Waals surface area contributed by atoms with Crippen molar-refractivity contribution < 1.29 is 9.32 Å². The van der Waals surface area contributed by atoms with Gasteiger partial charge in [-0.25, -0.2) is 0 Å². The number of hydrogen-bond acceptors (Lipinski definition) is 4. The van der Waals surface area contributed by atoms with Crippen LogP contribution in [0.15, 0.2) is 53.1 Å². The monoisotopic (exact) mass is 313 g/mol. The van der Waals surface area contributed by atoms with E-state index >= 15 is 0 Å². The van der Waals surface area contributed by atoms with Gasteiger partial charge in [-0.15, -0.1) is 0 Å². The summed E-state index contributed by atoms with van der Waals surface area (Å²) in [5.74, 6) is 0.587. The molecule has 2 aromatic carbocycles. The first kappa shape index (κ1) is 14.3. The predicted molar refractivity (Wildman–Crippen MR) is 83.9 cm³/mol. The summed E-state index contributed by atoms with van der Waals surface area (Å²) in [6.45, 7) is 1.73. The Kier molecular flexibility index (Phi) is 3.89.